The van der Waals surface area contributed by atoms with Crippen LogP contribution in [0.5, 0.6) is 0 Å². The summed E-state index contributed by atoms with van der Waals surface area (Å²) in [6.45, 7) is 0. The molecule has 0 N–H and O–H groups in total. The predicted octanol–water partition coefficient (Wildman–Crippen LogP) is 2.64. The molecule has 2 rings (SSSR count). The first-order valence-electron chi connectivity index (χ1n) is 4.42. The van der Waals surface area contributed by atoms with E-state index in [9.17, 15) is 0 Å². The van der Waals surface area contributed by atoms with Crippen LogP contribution in [0.1, 0.15) is 11.3 Å². The molecule has 0 atom stereocenters. The molecule has 1 aromatic carbocycles. The van der Waals surface area contributed by atoms with Crippen LogP contribution in [0.15, 0.2) is 28.9 Å². The molecule has 16 heavy (non-hydrogen) atoms. The summed E-state index contributed by atoms with van der Waals surface area (Å²) in [5.41, 5.74) is 2.20. The summed E-state index contributed by atoms with van der Waals surface area (Å²) in [5, 5.41) is 16.5. The molecule has 80 valence electrons. The van der Waals surface area contributed by atoms with Crippen molar-refractivity contribution in [3.8, 4) is 11.8 Å². The number of benzene rings is 1. The van der Waals surface area contributed by atoms with Gasteiger partial charge in [0.1, 0.15) is 0 Å². The van der Waals surface area contributed by atoms with Crippen LogP contribution in [0, 0.1) is 11.3 Å². The summed E-state index contributed by atoms with van der Waals surface area (Å²) in [5.74, 6) is 0.333. The van der Waals surface area contributed by atoms with Gasteiger partial charge in [0.05, 0.1) is 35.1 Å². The average molecular weight is 298 g/mol. The molecule has 1 aromatic heterocycles. The largest absolute Gasteiger partial charge is 0.215 e. The third kappa shape index (κ3) is 1.94. The molecule has 0 radical (unpaired) electrons. The third-order valence-electron chi connectivity index (χ3n) is 2.06. The van der Waals surface area contributed by atoms with E-state index in [1.54, 1.807) is 29.1 Å². The maximum absolute atomic E-state index is 8.76. The van der Waals surface area contributed by atoms with Crippen LogP contribution in [0.2, 0.25) is 0 Å². The summed E-state index contributed by atoms with van der Waals surface area (Å²) >= 11 is 9.16. The number of nitrogens with zero attached hydrogens (tertiary/aromatic N) is 4. The lowest BCUT2D eigenvalue weighted by Crippen LogP contribution is -2.01. The molecular weight excluding hydrogens is 291 g/mol. The van der Waals surface area contributed by atoms with Crippen LogP contribution >= 0.6 is 27.5 Å². The first-order chi connectivity index (χ1) is 7.76. The minimum absolute atomic E-state index is 0.333. The van der Waals surface area contributed by atoms with E-state index < -0.39 is 0 Å². The van der Waals surface area contributed by atoms with E-state index in [1.165, 1.54) is 0 Å². The van der Waals surface area contributed by atoms with Crippen molar-refractivity contribution in [1.82, 2.24) is 15.0 Å². The number of hydrogen-bond acceptors (Lipinski definition) is 3. The fourth-order valence-corrected chi connectivity index (χ4v) is 2.03. The lowest BCUT2D eigenvalue weighted by molar-refractivity contribution is 0.778. The van der Waals surface area contributed by atoms with E-state index in [0.29, 0.717) is 11.4 Å². The highest BCUT2D eigenvalue weighted by atomic mass is 79.9. The van der Waals surface area contributed by atoms with Gasteiger partial charge in [0.15, 0.2) is 0 Å². The molecule has 0 spiro atoms. The van der Waals surface area contributed by atoms with Gasteiger partial charge in [-0.2, -0.15) is 5.26 Å². The molecule has 4 nitrogen and oxygen atoms in total. The van der Waals surface area contributed by atoms with E-state index in [0.717, 1.165) is 15.9 Å². The Balaban J connectivity index is 2.53. The fourth-order valence-electron chi connectivity index (χ4n) is 1.30. The molecule has 0 bridgehead atoms. The Hall–Kier alpha value is -1.38. The van der Waals surface area contributed by atoms with Gasteiger partial charge in [-0.1, -0.05) is 5.21 Å². The Morgan fingerprint density at radius 3 is 2.94 bits per heavy atom. The van der Waals surface area contributed by atoms with E-state index in [2.05, 4.69) is 32.3 Å². The second kappa shape index (κ2) is 4.64. The van der Waals surface area contributed by atoms with Gasteiger partial charge in [0.25, 0.3) is 0 Å². The minimum Gasteiger partial charge on any atom is -0.215 e. The van der Waals surface area contributed by atoms with Crippen molar-refractivity contribution in [3.05, 3.63) is 40.1 Å². The molecule has 0 amide bonds. The molecule has 0 saturated heterocycles. The topological polar surface area (TPSA) is 54.5 Å². The van der Waals surface area contributed by atoms with E-state index in [1.807, 2.05) is 0 Å². The van der Waals surface area contributed by atoms with Gasteiger partial charge in [-0.05, 0) is 34.1 Å². The number of nitriles is 1. The van der Waals surface area contributed by atoms with Gasteiger partial charge < -0.3 is 0 Å². The molecule has 0 aliphatic heterocycles. The molecule has 0 aliphatic rings. The molecule has 0 saturated carbocycles. The first-order valence-corrected chi connectivity index (χ1v) is 5.74. The number of rotatable bonds is 2. The van der Waals surface area contributed by atoms with Gasteiger partial charge in [0, 0.05) is 4.47 Å². The minimum atomic E-state index is 0.333. The Bertz CT molecular complexity index is 558. The smallest absolute Gasteiger partial charge is 0.0992 e. The van der Waals surface area contributed by atoms with Crippen molar-refractivity contribution in [2.45, 2.75) is 5.88 Å². The molecule has 0 unspecified atom stereocenters. The third-order valence-corrected chi connectivity index (χ3v) is 2.97. The second-order valence-electron chi connectivity index (χ2n) is 3.05. The summed E-state index contributed by atoms with van der Waals surface area (Å²) in [6.07, 6.45) is 1.61. The molecule has 0 fully saturated rings. The van der Waals surface area contributed by atoms with Gasteiger partial charge in [-0.15, -0.1) is 16.7 Å². The second-order valence-corrected chi connectivity index (χ2v) is 4.17. The number of aromatic nitrogens is 3. The highest BCUT2D eigenvalue weighted by Gasteiger charge is 2.09. The van der Waals surface area contributed by atoms with Gasteiger partial charge in [0.2, 0.25) is 0 Å². The van der Waals surface area contributed by atoms with Crippen molar-refractivity contribution in [1.29, 1.82) is 5.26 Å². The highest BCUT2D eigenvalue weighted by Crippen LogP contribution is 2.23. The average Bonchev–Trinajstić information content (AvgIpc) is 2.76. The highest BCUT2D eigenvalue weighted by molar-refractivity contribution is 9.10. The van der Waals surface area contributed by atoms with Crippen molar-refractivity contribution >= 4 is 27.5 Å². The van der Waals surface area contributed by atoms with Crippen molar-refractivity contribution in [2.24, 2.45) is 0 Å². The maximum atomic E-state index is 8.76. The summed E-state index contributed by atoms with van der Waals surface area (Å²) in [6, 6.07) is 7.32. The van der Waals surface area contributed by atoms with Gasteiger partial charge >= 0.3 is 0 Å². The Labute approximate surface area is 106 Å². The number of hydrogen-bond donors (Lipinski definition) is 0. The van der Waals surface area contributed by atoms with Crippen LogP contribution in [0.25, 0.3) is 5.69 Å². The van der Waals surface area contributed by atoms with E-state index in [4.69, 9.17) is 16.9 Å². The zero-order valence-electron chi connectivity index (χ0n) is 8.06. The lowest BCUT2D eigenvalue weighted by atomic mass is 10.2. The van der Waals surface area contributed by atoms with Crippen molar-refractivity contribution in [2.75, 3.05) is 0 Å². The fraction of sp³-hybridized carbons (Fsp3) is 0.100. The van der Waals surface area contributed by atoms with Crippen LogP contribution < -0.4 is 0 Å². The molecule has 2 aromatic rings. The Morgan fingerprint density at radius 1 is 1.50 bits per heavy atom. The standard InChI is InChI=1S/C10H6BrClN4/c11-9-3-7(5-13)1-2-10(9)16-8(4-12)6-14-15-16/h1-3,6H,4H2. The van der Waals surface area contributed by atoms with Crippen LogP contribution in [-0.2, 0) is 5.88 Å². The summed E-state index contributed by atoms with van der Waals surface area (Å²) in [7, 11) is 0. The van der Waals surface area contributed by atoms with E-state index in [-0.39, 0.29) is 0 Å². The van der Waals surface area contributed by atoms with Gasteiger partial charge in [-0.25, -0.2) is 4.68 Å². The predicted molar refractivity (Wildman–Crippen MR) is 63.3 cm³/mol. The quantitative estimate of drug-likeness (QED) is 0.801. The molecular formula is C10H6BrClN4. The van der Waals surface area contributed by atoms with Crippen LogP contribution in [0.3, 0.4) is 0 Å². The van der Waals surface area contributed by atoms with Crippen molar-refractivity contribution < 1.29 is 0 Å². The zero-order chi connectivity index (χ0) is 11.5. The van der Waals surface area contributed by atoms with Crippen LogP contribution in [0.4, 0.5) is 0 Å². The first kappa shape index (κ1) is 11.1. The molecule has 6 heteroatoms. The summed E-state index contributed by atoms with van der Waals surface area (Å²) < 4.78 is 2.42. The Morgan fingerprint density at radius 2 is 2.31 bits per heavy atom. The molecule has 0 aliphatic carbocycles. The summed E-state index contributed by atoms with van der Waals surface area (Å²) in [4.78, 5) is 0. The van der Waals surface area contributed by atoms with Crippen LogP contribution in [-0.4, -0.2) is 15.0 Å². The zero-order valence-corrected chi connectivity index (χ0v) is 10.4. The SMILES string of the molecule is N#Cc1ccc(-n2nncc2CCl)c(Br)c1. The lowest BCUT2D eigenvalue weighted by Gasteiger charge is -2.06. The normalized spacial score (nSPS) is 10.1. The Kier molecular flexibility index (Phi) is 3.22. The maximum Gasteiger partial charge on any atom is 0.0992 e. The number of alkyl halides is 1. The monoisotopic (exact) mass is 296 g/mol. The number of halogens is 2. The van der Waals surface area contributed by atoms with E-state index >= 15 is 0 Å². The van der Waals surface area contributed by atoms with Crippen molar-refractivity contribution in [3.63, 3.8) is 0 Å². The molecule has 1 heterocycles. The van der Waals surface area contributed by atoms with Gasteiger partial charge in [-0.3, -0.25) is 0 Å².